The van der Waals surface area contributed by atoms with E-state index in [-0.39, 0.29) is 5.91 Å². The Hall–Kier alpha value is -2.87. The maximum absolute atomic E-state index is 13.2. The Kier molecular flexibility index (Phi) is 4.10. The Morgan fingerprint density at radius 3 is 2.56 bits per heavy atom. The van der Waals surface area contributed by atoms with Gasteiger partial charge in [-0.3, -0.25) is 9.36 Å². The predicted molar refractivity (Wildman–Crippen MR) is 104 cm³/mol. The van der Waals surface area contributed by atoms with Crippen molar-refractivity contribution >= 4 is 27.6 Å². The molecule has 4 aromatic rings. The van der Waals surface area contributed by atoms with Gasteiger partial charge in [-0.15, -0.1) is 0 Å². The molecule has 0 aliphatic carbocycles. The van der Waals surface area contributed by atoms with Crippen molar-refractivity contribution in [3.05, 3.63) is 84.1 Å². The summed E-state index contributed by atoms with van der Waals surface area (Å²) < 4.78 is 1.78. The van der Waals surface area contributed by atoms with Crippen molar-refractivity contribution < 1.29 is 4.79 Å². The van der Waals surface area contributed by atoms with Crippen molar-refractivity contribution in [2.45, 2.75) is 26.2 Å². The van der Waals surface area contributed by atoms with E-state index in [9.17, 15) is 4.79 Å². The first kappa shape index (κ1) is 15.6. The average Bonchev–Trinajstić information content (AvgIpc) is 3.10. The maximum Gasteiger partial charge on any atom is 0.262 e. The van der Waals surface area contributed by atoms with Gasteiger partial charge in [0.15, 0.2) is 0 Å². The average molecular weight is 327 g/mol. The van der Waals surface area contributed by atoms with Gasteiger partial charge >= 0.3 is 0 Å². The molecule has 0 aliphatic heterocycles. The van der Waals surface area contributed by atoms with Crippen LogP contribution in [0.3, 0.4) is 0 Å². The molecule has 0 N–H and O–H groups in total. The van der Waals surface area contributed by atoms with Gasteiger partial charge < -0.3 is 0 Å². The molecule has 25 heavy (non-hydrogen) atoms. The number of carbonyl (C=O) groups excluding carboxylic acids is 1. The largest absolute Gasteiger partial charge is 0.283 e. The molecule has 0 spiro atoms. The summed E-state index contributed by atoms with van der Waals surface area (Å²) >= 11 is 0. The molecule has 0 atom stereocenters. The molecule has 0 radical (unpaired) electrons. The molecule has 2 heteroatoms. The number of benzene rings is 3. The van der Waals surface area contributed by atoms with E-state index in [1.807, 2.05) is 54.7 Å². The molecule has 2 nitrogen and oxygen atoms in total. The topological polar surface area (TPSA) is 22.0 Å². The predicted octanol–water partition coefficient (Wildman–Crippen LogP) is 5.83. The third kappa shape index (κ3) is 2.74. The molecule has 1 heterocycles. The van der Waals surface area contributed by atoms with E-state index in [2.05, 4.69) is 25.1 Å². The highest BCUT2D eigenvalue weighted by Gasteiger charge is 2.15. The number of aromatic nitrogens is 1. The minimum atomic E-state index is 0.0273. The number of hydrogen-bond donors (Lipinski definition) is 0. The first-order chi connectivity index (χ1) is 12.3. The van der Waals surface area contributed by atoms with Gasteiger partial charge in [-0.1, -0.05) is 61.9 Å². The quantitative estimate of drug-likeness (QED) is 0.462. The second kappa shape index (κ2) is 6.56. The summed E-state index contributed by atoms with van der Waals surface area (Å²) in [5.41, 5.74) is 3.06. The molecule has 0 saturated heterocycles. The second-order valence-electron chi connectivity index (χ2n) is 6.47. The zero-order valence-electron chi connectivity index (χ0n) is 14.4. The normalized spacial score (nSPS) is 11.2. The fourth-order valence-corrected chi connectivity index (χ4v) is 3.54. The minimum absolute atomic E-state index is 0.0273. The molecule has 0 bridgehead atoms. The highest BCUT2D eigenvalue weighted by molar-refractivity contribution is 6.10. The Morgan fingerprint density at radius 2 is 1.68 bits per heavy atom. The van der Waals surface area contributed by atoms with Crippen LogP contribution in [0.1, 0.15) is 35.7 Å². The molecule has 4 rings (SSSR count). The standard InChI is InChI=1S/C23H21NO/c1-2-3-8-18-11-7-14-22-20(18)15-16-24(22)23(25)21-13-6-10-17-9-4-5-12-19(17)21/h4-7,9-16H,2-3,8H2,1H3. The van der Waals surface area contributed by atoms with E-state index in [4.69, 9.17) is 0 Å². The van der Waals surface area contributed by atoms with E-state index in [0.29, 0.717) is 0 Å². The molecular formula is C23H21NO. The van der Waals surface area contributed by atoms with Crippen molar-refractivity contribution in [1.82, 2.24) is 4.57 Å². The molecule has 3 aromatic carbocycles. The molecule has 0 amide bonds. The van der Waals surface area contributed by atoms with Crippen LogP contribution in [0.15, 0.2) is 72.9 Å². The molecule has 0 unspecified atom stereocenters. The van der Waals surface area contributed by atoms with Crippen LogP contribution in [0.5, 0.6) is 0 Å². The Balaban J connectivity index is 1.83. The lowest BCUT2D eigenvalue weighted by atomic mass is 10.0. The fourth-order valence-electron chi connectivity index (χ4n) is 3.54. The Labute approximate surface area is 147 Å². The van der Waals surface area contributed by atoms with Crippen LogP contribution < -0.4 is 0 Å². The number of aryl methyl sites for hydroxylation is 1. The zero-order valence-corrected chi connectivity index (χ0v) is 14.4. The molecule has 124 valence electrons. The number of unbranched alkanes of at least 4 members (excludes halogenated alkanes) is 1. The van der Waals surface area contributed by atoms with Crippen LogP contribution in [0, 0.1) is 0 Å². The second-order valence-corrected chi connectivity index (χ2v) is 6.47. The van der Waals surface area contributed by atoms with Crippen molar-refractivity contribution in [2.24, 2.45) is 0 Å². The Bertz CT molecular complexity index is 1050. The van der Waals surface area contributed by atoms with E-state index < -0.39 is 0 Å². The number of carbonyl (C=O) groups is 1. The van der Waals surface area contributed by atoms with Crippen LogP contribution in [0.2, 0.25) is 0 Å². The maximum atomic E-state index is 13.2. The molecule has 0 saturated carbocycles. The summed E-state index contributed by atoms with van der Waals surface area (Å²) in [5, 5.41) is 3.27. The molecular weight excluding hydrogens is 306 g/mol. The van der Waals surface area contributed by atoms with E-state index in [0.717, 1.165) is 28.3 Å². The van der Waals surface area contributed by atoms with Crippen LogP contribution >= 0.6 is 0 Å². The SMILES string of the molecule is CCCCc1cccc2c1ccn2C(=O)c1cccc2ccccc12. The lowest BCUT2D eigenvalue weighted by molar-refractivity contribution is 0.0966. The van der Waals surface area contributed by atoms with Crippen LogP contribution in [0.4, 0.5) is 0 Å². The van der Waals surface area contributed by atoms with Crippen LogP contribution in [-0.4, -0.2) is 10.5 Å². The number of fused-ring (bicyclic) bond motifs is 2. The smallest absolute Gasteiger partial charge is 0.262 e. The monoisotopic (exact) mass is 327 g/mol. The lowest BCUT2D eigenvalue weighted by Crippen LogP contribution is -2.11. The summed E-state index contributed by atoms with van der Waals surface area (Å²) in [6, 6.07) is 22.3. The van der Waals surface area contributed by atoms with Gasteiger partial charge in [-0.05, 0) is 47.4 Å². The molecule has 0 aliphatic rings. The summed E-state index contributed by atoms with van der Waals surface area (Å²) in [6.07, 6.45) is 5.30. The van der Waals surface area contributed by atoms with Gasteiger partial charge in [0.25, 0.3) is 5.91 Å². The first-order valence-electron chi connectivity index (χ1n) is 8.91. The van der Waals surface area contributed by atoms with Gasteiger partial charge in [0.1, 0.15) is 0 Å². The van der Waals surface area contributed by atoms with Crippen LogP contribution in [0.25, 0.3) is 21.7 Å². The summed E-state index contributed by atoms with van der Waals surface area (Å²) in [4.78, 5) is 13.2. The van der Waals surface area contributed by atoms with Gasteiger partial charge in [-0.25, -0.2) is 0 Å². The van der Waals surface area contributed by atoms with Gasteiger partial charge in [0.05, 0.1) is 5.52 Å². The third-order valence-electron chi connectivity index (χ3n) is 4.86. The van der Waals surface area contributed by atoms with Gasteiger partial charge in [-0.2, -0.15) is 0 Å². The Morgan fingerprint density at radius 1 is 0.880 bits per heavy atom. The summed E-state index contributed by atoms with van der Waals surface area (Å²) in [5.74, 6) is 0.0273. The third-order valence-corrected chi connectivity index (χ3v) is 4.86. The zero-order chi connectivity index (χ0) is 17.2. The molecule has 1 aromatic heterocycles. The summed E-state index contributed by atoms with van der Waals surface area (Å²) in [7, 11) is 0. The number of nitrogens with zero attached hydrogens (tertiary/aromatic N) is 1. The number of rotatable bonds is 4. The number of hydrogen-bond acceptors (Lipinski definition) is 1. The van der Waals surface area contributed by atoms with Crippen molar-refractivity contribution in [3.8, 4) is 0 Å². The van der Waals surface area contributed by atoms with Gasteiger partial charge in [0, 0.05) is 17.1 Å². The van der Waals surface area contributed by atoms with Crippen molar-refractivity contribution in [2.75, 3.05) is 0 Å². The van der Waals surface area contributed by atoms with Crippen molar-refractivity contribution in [3.63, 3.8) is 0 Å². The highest BCUT2D eigenvalue weighted by atomic mass is 16.2. The van der Waals surface area contributed by atoms with Crippen LogP contribution in [-0.2, 0) is 6.42 Å². The summed E-state index contributed by atoms with van der Waals surface area (Å²) in [6.45, 7) is 2.20. The molecule has 0 fully saturated rings. The van der Waals surface area contributed by atoms with Gasteiger partial charge in [0.2, 0.25) is 0 Å². The van der Waals surface area contributed by atoms with E-state index in [1.165, 1.54) is 23.8 Å². The van der Waals surface area contributed by atoms with E-state index >= 15 is 0 Å². The van der Waals surface area contributed by atoms with Crippen molar-refractivity contribution in [1.29, 1.82) is 0 Å². The fraction of sp³-hybridized carbons (Fsp3) is 0.174. The highest BCUT2D eigenvalue weighted by Crippen LogP contribution is 2.25. The minimum Gasteiger partial charge on any atom is -0.283 e. The lowest BCUT2D eigenvalue weighted by Gasteiger charge is -2.09. The van der Waals surface area contributed by atoms with E-state index in [1.54, 1.807) is 4.57 Å². The first-order valence-corrected chi connectivity index (χ1v) is 8.91.